The molecule has 0 aliphatic carbocycles. The fourth-order valence-corrected chi connectivity index (χ4v) is 2.14. The van der Waals surface area contributed by atoms with Crippen LogP contribution in [-0.4, -0.2) is 9.97 Å². The summed E-state index contributed by atoms with van der Waals surface area (Å²) in [5.41, 5.74) is 4.59. The number of aromatic nitrogens is 2. The van der Waals surface area contributed by atoms with Crippen molar-refractivity contribution in [1.82, 2.24) is 9.97 Å². The van der Waals surface area contributed by atoms with Crippen LogP contribution in [0.1, 0.15) is 11.3 Å². The van der Waals surface area contributed by atoms with E-state index < -0.39 is 0 Å². The molecule has 19 heavy (non-hydrogen) atoms. The molecule has 0 amide bonds. The fraction of sp³-hybridized carbons (Fsp3) is 0.0588. The summed E-state index contributed by atoms with van der Waals surface area (Å²) in [7, 11) is 0. The minimum Gasteiger partial charge on any atom is -0.244 e. The van der Waals surface area contributed by atoms with Gasteiger partial charge < -0.3 is 0 Å². The lowest BCUT2D eigenvalue weighted by atomic mass is 10.0. The summed E-state index contributed by atoms with van der Waals surface area (Å²) in [4.78, 5) is 8.59. The Morgan fingerprint density at radius 3 is 2.21 bits per heavy atom. The highest BCUT2D eigenvalue weighted by atomic mass is 14.8. The van der Waals surface area contributed by atoms with Gasteiger partial charge in [0.05, 0.1) is 5.69 Å². The van der Waals surface area contributed by atoms with E-state index in [2.05, 4.69) is 46.4 Å². The third-order valence-electron chi connectivity index (χ3n) is 3.09. The standard InChI is InChI=1S/C17H14N2/c1-3-7-14(8-4-1)11-17-16(12-18-13-19-17)15-9-5-2-6-10-15/h1-10,12-13H,11H2. The van der Waals surface area contributed by atoms with Crippen molar-refractivity contribution in [3.8, 4) is 11.1 Å². The third kappa shape index (κ3) is 2.68. The van der Waals surface area contributed by atoms with E-state index in [1.807, 2.05) is 30.5 Å². The molecule has 1 heterocycles. The Bertz CT molecular complexity index is 648. The van der Waals surface area contributed by atoms with Gasteiger partial charge in [0.25, 0.3) is 0 Å². The number of hydrogen-bond acceptors (Lipinski definition) is 2. The van der Waals surface area contributed by atoms with Crippen molar-refractivity contribution in [1.29, 1.82) is 0 Å². The zero-order chi connectivity index (χ0) is 12.9. The van der Waals surface area contributed by atoms with Crippen LogP contribution >= 0.6 is 0 Å². The summed E-state index contributed by atoms with van der Waals surface area (Å²) in [5, 5.41) is 0. The van der Waals surface area contributed by atoms with Crippen LogP contribution in [0.2, 0.25) is 0 Å². The predicted octanol–water partition coefficient (Wildman–Crippen LogP) is 3.73. The molecule has 3 aromatic rings. The van der Waals surface area contributed by atoms with E-state index in [0.29, 0.717) is 0 Å². The minimum absolute atomic E-state index is 0.827. The maximum absolute atomic E-state index is 4.44. The SMILES string of the molecule is c1ccc(Cc2ncncc2-c2ccccc2)cc1. The molecular weight excluding hydrogens is 232 g/mol. The number of hydrogen-bond donors (Lipinski definition) is 0. The lowest BCUT2D eigenvalue weighted by molar-refractivity contribution is 1.03. The average molecular weight is 246 g/mol. The monoisotopic (exact) mass is 246 g/mol. The summed E-state index contributed by atoms with van der Waals surface area (Å²) >= 11 is 0. The van der Waals surface area contributed by atoms with Gasteiger partial charge in [-0.25, -0.2) is 9.97 Å². The summed E-state index contributed by atoms with van der Waals surface area (Å²) in [6.07, 6.45) is 4.33. The molecule has 0 fully saturated rings. The molecule has 0 bridgehead atoms. The van der Waals surface area contributed by atoms with Crippen molar-refractivity contribution in [2.24, 2.45) is 0 Å². The van der Waals surface area contributed by atoms with Crippen LogP contribution in [0.5, 0.6) is 0 Å². The third-order valence-corrected chi connectivity index (χ3v) is 3.09. The first-order valence-electron chi connectivity index (χ1n) is 6.32. The quantitative estimate of drug-likeness (QED) is 0.703. The lowest BCUT2D eigenvalue weighted by Gasteiger charge is -2.08. The van der Waals surface area contributed by atoms with Crippen molar-refractivity contribution in [2.45, 2.75) is 6.42 Å². The van der Waals surface area contributed by atoms with Gasteiger partial charge in [-0.05, 0) is 11.1 Å². The van der Waals surface area contributed by atoms with E-state index in [1.54, 1.807) is 6.33 Å². The fourth-order valence-electron chi connectivity index (χ4n) is 2.14. The maximum atomic E-state index is 4.44. The van der Waals surface area contributed by atoms with Gasteiger partial charge in [0.1, 0.15) is 6.33 Å². The van der Waals surface area contributed by atoms with Crippen LogP contribution in [0.4, 0.5) is 0 Å². The Hall–Kier alpha value is -2.48. The minimum atomic E-state index is 0.827. The van der Waals surface area contributed by atoms with E-state index in [-0.39, 0.29) is 0 Å². The highest BCUT2D eigenvalue weighted by Gasteiger charge is 2.06. The van der Waals surface area contributed by atoms with Crippen molar-refractivity contribution < 1.29 is 0 Å². The number of benzene rings is 2. The smallest absolute Gasteiger partial charge is 0.115 e. The molecule has 2 heteroatoms. The van der Waals surface area contributed by atoms with Gasteiger partial charge in [-0.1, -0.05) is 60.7 Å². The first-order valence-corrected chi connectivity index (χ1v) is 6.32. The molecule has 3 rings (SSSR count). The van der Waals surface area contributed by atoms with Gasteiger partial charge in [0.15, 0.2) is 0 Å². The van der Waals surface area contributed by atoms with Crippen LogP contribution in [0.3, 0.4) is 0 Å². The second kappa shape index (κ2) is 5.44. The maximum Gasteiger partial charge on any atom is 0.115 e. The molecule has 1 aromatic heterocycles. The molecule has 0 N–H and O–H groups in total. The predicted molar refractivity (Wildman–Crippen MR) is 76.7 cm³/mol. The number of rotatable bonds is 3. The van der Waals surface area contributed by atoms with Gasteiger partial charge in [-0.2, -0.15) is 0 Å². The Morgan fingerprint density at radius 1 is 0.789 bits per heavy atom. The van der Waals surface area contributed by atoms with Gasteiger partial charge >= 0.3 is 0 Å². The average Bonchev–Trinajstić information content (AvgIpc) is 2.50. The largest absolute Gasteiger partial charge is 0.244 e. The molecular formula is C17H14N2. The van der Waals surface area contributed by atoms with E-state index in [4.69, 9.17) is 0 Å². The second-order valence-electron chi connectivity index (χ2n) is 4.41. The molecule has 0 unspecified atom stereocenters. The van der Waals surface area contributed by atoms with E-state index >= 15 is 0 Å². The lowest BCUT2D eigenvalue weighted by Crippen LogP contribution is -1.96. The molecule has 0 aliphatic heterocycles. The zero-order valence-corrected chi connectivity index (χ0v) is 10.5. The van der Waals surface area contributed by atoms with Crippen LogP contribution < -0.4 is 0 Å². The van der Waals surface area contributed by atoms with Crippen LogP contribution in [0, 0.1) is 0 Å². The molecule has 0 aliphatic rings. The van der Waals surface area contributed by atoms with E-state index in [0.717, 1.165) is 23.2 Å². The van der Waals surface area contributed by atoms with Gasteiger partial charge in [0, 0.05) is 18.2 Å². The molecule has 0 saturated heterocycles. The molecule has 0 atom stereocenters. The van der Waals surface area contributed by atoms with Crippen molar-refractivity contribution in [2.75, 3.05) is 0 Å². The molecule has 2 nitrogen and oxygen atoms in total. The van der Waals surface area contributed by atoms with Gasteiger partial charge in [-0.15, -0.1) is 0 Å². The Balaban J connectivity index is 1.99. The molecule has 0 spiro atoms. The first-order chi connectivity index (χ1) is 9.43. The topological polar surface area (TPSA) is 25.8 Å². The van der Waals surface area contributed by atoms with Crippen molar-refractivity contribution in [3.05, 3.63) is 84.4 Å². The van der Waals surface area contributed by atoms with E-state index in [9.17, 15) is 0 Å². The van der Waals surface area contributed by atoms with Crippen molar-refractivity contribution >= 4 is 0 Å². The van der Waals surface area contributed by atoms with Crippen LogP contribution in [0.25, 0.3) is 11.1 Å². The molecule has 92 valence electrons. The highest BCUT2D eigenvalue weighted by Crippen LogP contribution is 2.22. The Morgan fingerprint density at radius 2 is 1.47 bits per heavy atom. The Kier molecular flexibility index (Phi) is 3.32. The summed E-state index contributed by atoms with van der Waals surface area (Å²) in [5.74, 6) is 0. The van der Waals surface area contributed by atoms with Crippen molar-refractivity contribution in [3.63, 3.8) is 0 Å². The van der Waals surface area contributed by atoms with Gasteiger partial charge in [0.2, 0.25) is 0 Å². The Labute approximate surface area is 112 Å². The second-order valence-corrected chi connectivity index (χ2v) is 4.41. The van der Waals surface area contributed by atoms with Crippen LogP contribution in [0.15, 0.2) is 73.2 Å². The van der Waals surface area contributed by atoms with Gasteiger partial charge in [-0.3, -0.25) is 0 Å². The molecule has 0 radical (unpaired) electrons. The summed E-state index contributed by atoms with van der Waals surface area (Å²) in [6, 6.07) is 20.7. The molecule has 0 saturated carbocycles. The summed E-state index contributed by atoms with van der Waals surface area (Å²) in [6.45, 7) is 0. The number of nitrogens with zero attached hydrogens (tertiary/aromatic N) is 2. The van der Waals surface area contributed by atoms with Crippen LogP contribution in [-0.2, 0) is 6.42 Å². The first kappa shape index (κ1) is 11.6. The molecule has 2 aromatic carbocycles. The summed E-state index contributed by atoms with van der Waals surface area (Å²) < 4.78 is 0. The van der Waals surface area contributed by atoms with E-state index in [1.165, 1.54) is 5.56 Å². The zero-order valence-electron chi connectivity index (χ0n) is 10.5. The highest BCUT2D eigenvalue weighted by molar-refractivity contribution is 5.65. The normalized spacial score (nSPS) is 10.3.